The van der Waals surface area contributed by atoms with Gasteiger partial charge in [-0.25, -0.2) is 0 Å². The number of methoxy groups -OCH3 is 1. The number of amides is 1. The van der Waals surface area contributed by atoms with Gasteiger partial charge in [0.2, 0.25) is 5.91 Å². The molecule has 2 aliphatic rings. The lowest BCUT2D eigenvalue weighted by Crippen LogP contribution is -2.50. The fourth-order valence-electron chi connectivity index (χ4n) is 3.53. The van der Waals surface area contributed by atoms with Crippen LogP contribution in [0.2, 0.25) is 0 Å². The molecule has 4 atom stereocenters. The molecule has 110 valence electrons. The molecule has 0 unspecified atom stereocenters. The van der Waals surface area contributed by atoms with Gasteiger partial charge in [0.15, 0.2) is 0 Å². The van der Waals surface area contributed by atoms with Crippen molar-refractivity contribution in [3.05, 3.63) is 22.4 Å². The highest BCUT2D eigenvalue weighted by Crippen LogP contribution is 2.34. The summed E-state index contributed by atoms with van der Waals surface area (Å²) in [5, 5.41) is 10.7. The molecule has 1 aromatic heterocycles. The second-order valence-corrected chi connectivity index (χ2v) is 6.69. The van der Waals surface area contributed by atoms with Crippen LogP contribution in [0.15, 0.2) is 16.8 Å². The van der Waals surface area contributed by atoms with Crippen molar-refractivity contribution >= 4 is 17.2 Å². The highest BCUT2D eigenvalue weighted by Gasteiger charge is 2.40. The van der Waals surface area contributed by atoms with Crippen LogP contribution >= 0.6 is 11.3 Å². The summed E-state index contributed by atoms with van der Waals surface area (Å²) in [6, 6.07) is 2.17. The summed E-state index contributed by atoms with van der Waals surface area (Å²) in [7, 11) is 1.76. The van der Waals surface area contributed by atoms with E-state index < -0.39 is 0 Å². The topological polar surface area (TPSA) is 50.4 Å². The Morgan fingerprint density at radius 1 is 1.45 bits per heavy atom. The van der Waals surface area contributed by atoms with Crippen molar-refractivity contribution in [3.63, 3.8) is 0 Å². The lowest BCUT2D eigenvalue weighted by Gasteiger charge is -2.37. The smallest absolute Gasteiger partial charge is 0.224 e. The van der Waals surface area contributed by atoms with Gasteiger partial charge in [-0.15, -0.1) is 0 Å². The maximum absolute atomic E-state index is 12.2. The Balaban J connectivity index is 1.58. The summed E-state index contributed by atoms with van der Waals surface area (Å²) in [5.41, 5.74) is 1.10. The van der Waals surface area contributed by atoms with E-state index in [1.54, 1.807) is 18.4 Å². The van der Waals surface area contributed by atoms with Crippen molar-refractivity contribution in [3.8, 4) is 0 Å². The predicted molar refractivity (Wildman–Crippen MR) is 79.8 cm³/mol. The molecule has 5 heteroatoms. The van der Waals surface area contributed by atoms with Crippen LogP contribution in [-0.4, -0.2) is 38.3 Å². The van der Waals surface area contributed by atoms with Crippen molar-refractivity contribution in [2.24, 2.45) is 11.8 Å². The molecule has 0 radical (unpaired) electrons. The standard InChI is InChI=1S/C15H22N2O2S/c1-19-14-6-12-8-16-7-11(12)5-13(14)17-15(18)4-10-2-3-20-9-10/h2-3,9,11-14,16H,4-8H2,1H3,(H,17,18)/t11-,12+,13-,14-/m0/s1. The van der Waals surface area contributed by atoms with Gasteiger partial charge in [-0.3, -0.25) is 4.79 Å². The van der Waals surface area contributed by atoms with Gasteiger partial charge in [0, 0.05) is 7.11 Å². The van der Waals surface area contributed by atoms with Crippen LogP contribution in [0, 0.1) is 11.8 Å². The molecule has 1 saturated heterocycles. The Labute approximate surface area is 123 Å². The molecule has 3 rings (SSSR count). The van der Waals surface area contributed by atoms with E-state index in [-0.39, 0.29) is 18.1 Å². The first kappa shape index (κ1) is 14.0. The van der Waals surface area contributed by atoms with Gasteiger partial charge in [0.25, 0.3) is 0 Å². The number of rotatable bonds is 4. The number of carbonyl (C=O) groups excluding carboxylic acids is 1. The number of thiophene rings is 1. The van der Waals surface area contributed by atoms with E-state index in [4.69, 9.17) is 4.74 Å². The van der Waals surface area contributed by atoms with E-state index in [0.29, 0.717) is 18.3 Å². The molecule has 1 saturated carbocycles. The minimum atomic E-state index is 0.111. The van der Waals surface area contributed by atoms with Gasteiger partial charge in [-0.2, -0.15) is 11.3 Å². The zero-order valence-electron chi connectivity index (χ0n) is 11.8. The van der Waals surface area contributed by atoms with E-state index >= 15 is 0 Å². The van der Waals surface area contributed by atoms with E-state index in [1.807, 2.05) is 16.8 Å². The molecular weight excluding hydrogens is 272 g/mol. The second-order valence-electron chi connectivity index (χ2n) is 5.91. The van der Waals surface area contributed by atoms with E-state index in [1.165, 1.54) is 0 Å². The Morgan fingerprint density at radius 2 is 2.25 bits per heavy atom. The van der Waals surface area contributed by atoms with Crippen LogP contribution in [0.1, 0.15) is 18.4 Å². The quantitative estimate of drug-likeness (QED) is 0.883. The van der Waals surface area contributed by atoms with Crippen LogP contribution in [-0.2, 0) is 16.0 Å². The summed E-state index contributed by atoms with van der Waals surface area (Å²) in [6.45, 7) is 2.18. The molecule has 1 aliphatic carbocycles. The van der Waals surface area contributed by atoms with Gasteiger partial charge in [0.1, 0.15) is 0 Å². The molecule has 2 fully saturated rings. The number of nitrogens with one attached hydrogen (secondary N) is 2. The van der Waals surface area contributed by atoms with Gasteiger partial charge in [0.05, 0.1) is 18.6 Å². The van der Waals surface area contributed by atoms with E-state index in [9.17, 15) is 4.79 Å². The Morgan fingerprint density at radius 3 is 2.95 bits per heavy atom. The molecular formula is C15H22N2O2S. The molecule has 1 aromatic rings. The van der Waals surface area contributed by atoms with Crippen LogP contribution < -0.4 is 10.6 Å². The van der Waals surface area contributed by atoms with E-state index in [0.717, 1.165) is 31.5 Å². The lowest BCUT2D eigenvalue weighted by atomic mass is 9.77. The van der Waals surface area contributed by atoms with Crippen LogP contribution in [0.3, 0.4) is 0 Å². The highest BCUT2D eigenvalue weighted by atomic mass is 32.1. The van der Waals surface area contributed by atoms with Gasteiger partial charge < -0.3 is 15.4 Å². The van der Waals surface area contributed by atoms with Crippen molar-refractivity contribution in [2.75, 3.05) is 20.2 Å². The molecule has 0 bridgehead atoms. The summed E-state index contributed by atoms with van der Waals surface area (Å²) in [6.07, 6.45) is 2.72. The fourth-order valence-corrected chi connectivity index (χ4v) is 4.20. The van der Waals surface area contributed by atoms with Gasteiger partial charge in [-0.1, -0.05) is 0 Å². The summed E-state index contributed by atoms with van der Waals surface area (Å²) < 4.78 is 5.61. The fraction of sp³-hybridized carbons (Fsp3) is 0.667. The zero-order valence-corrected chi connectivity index (χ0v) is 12.6. The minimum Gasteiger partial charge on any atom is -0.379 e. The zero-order chi connectivity index (χ0) is 13.9. The SMILES string of the molecule is CO[C@H]1C[C@@H]2CNC[C@@H]2C[C@@H]1NC(=O)Cc1ccsc1. The van der Waals surface area contributed by atoms with E-state index in [2.05, 4.69) is 10.6 Å². The molecule has 1 amide bonds. The first-order chi connectivity index (χ1) is 9.76. The predicted octanol–water partition coefficient (Wildman–Crippen LogP) is 1.42. The van der Waals surface area contributed by atoms with Crippen molar-refractivity contribution in [2.45, 2.75) is 31.4 Å². The molecule has 2 N–H and O–H groups in total. The third-order valence-corrected chi connectivity index (χ3v) is 5.35. The third-order valence-electron chi connectivity index (χ3n) is 4.61. The Kier molecular flexibility index (Phi) is 4.38. The first-order valence-corrected chi connectivity index (χ1v) is 8.24. The van der Waals surface area contributed by atoms with Crippen molar-refractivity contribution in [1.82, 2.24) is 10.6 Å². The molecule has 0 spiro atoms. The number of ether oxygens (including phenoxy) is 1. The second kappa shape index (κ2) is 6.24. The molecule has 2 heterocycles. The van der Waals surface area contributed by atoms with Crippen LogP contribution in [0.25, 0.3) is 0 Å². The average molecular weight is 294 g/mol. The normalized spacial score (nSPS) is 32.9. The third kappa shape index (κ3) is 3.05. The molecule has 20 heavy (non-hydrogen) atoms. The summed E-state index contributed by atoms with van der Waals surface area (Å²) >= 11 is 1.63. The van der Waals surface area contributed by atoms with Crippen molar-refractivity contribution < 1.29 is 9.53 Å². The number of fused-ring (bicyclic) bond motifs is 1. The monoisotopic (exact) mass is 294 g/mol. The van der Waals surface area contributed by atoms with Crippen molar-refractivity contribution in [1.29, 1.82) is 0 Å². The summed E-state index contributed by atoms with van der Waals surface area (Å²) in [5.74, 6) is 1.51. The summed E-state index contributed by atoms with van der Waals surface area (Å²) in [4.78, 5) is 12.2. The van der Waals surface area contributed by atoms with Crippen LogP contribution in [0.4, 0.5) is 0 Å². The van der Waals surface area contributed by atoms with Gasteiger partial charge >= 0.3 is 0 Å². The molecule has 1 aliphatic heterocycles. The largest absolute Gasteiger partial charge is 0.379 e. The van der Waals surface area contributed by atoms with Gasteiger partial charge in [-0.05, 0) is 60.2 Å². The lowest BCUT2D eigenvalue weighted by molar-refractivity contribution is -0.123. The number of hydrogen-bond acceptors (Lipinski definition) is 4. The first-order valence-electron chi connectivity index (χ1n) is 7.30. The maximum atomic E-state index is 12.2. The minimum absolute atomic E-state index is 0.111. The average Bonchev–Trinajstić information content (AvgIpc) is 3.08. The maximum Gasteiger partial charge on any atom is 0.224 e. The Hall–Kier alpha value is -0.910. The number of hydrogen-bond donors (Lipinski definition) is 2. The highest BCUT2D eigenvalue weighted by molar-refractivity contribution is 7.07. The number of carbonyl (C=O) groups is 1. The molecule has 0 aromatic carbocycles. The Bertz CT molecular complexity index is 449. The molecule has 4 nitrogen and oxygen atoms in total. The van der Waals surface area contributed by atoms with Crippen LogP contribution in [0.5, 0.6) is 0 Å².